The summed E-state index contributed by atoms with van der Waals surface area (Å²) in [6.45, 7) is 7.14. The Morgan fingerprint density at radius 1 is 1.22 bits per heavy atom. The Labute approximate surface area is 120 Å². The van der Waals surface area contributed by atoms with E-state index in [-0.39, 0.29) is 0 Å². The van der Waals surface area contributed by atoms with Crippen LogP contribution in [-0.2, 0) is 12.8 Å². The second kappa shape index (κ2) is 7.30. The lowest BCUT2D eigenvalue weighted by molar-refractivity contribution is 0.262. The minimum atomic E-state index is 0.489. The summed E-state index contributed by atoms with van der Waals surface area (Å²) in [6, 6.07) is 6.72. The summed E-state index contributed by atoms with van der Waals surface area (Å²) in [5.41, 5.74) is 9.21. The molecule has 0 saturated heterocycles. The maximum Gasteiger partial charge on any atom is 0.0178 e. The Kier molecular flexibility index (Phi) is 6.37. The Morgan fingerprint density at radius 3 is 2.50 bits per heavy atom. The molecular weight excluding hydrogens is 286 g/mol. The molecular formula is C16H26BrN. The highest BCUT2D eigenvalue weighted by molar-refractivity contribution is 9.10. The van der Waals surface area contributed by atoms with E-state index in [2.05, 4.69) is 41.1 Å². The van der Waals surface area contributed by atoms with Crippen molar-refractivity contribution in [3.8, 4) is 0 Å². The summed E-state index contributed by atoms with van der Waals surface area (Å²) in [5, 5.41) is 0. The van der Waals surface area contributed by atoms with Crippen LogP contribution in [0.1, 0.15) is 51.2 Å². The van der Waals surface area contributed by atoms with Crippen LogP contribution in [0.4, 0.5) is 0 Å². The van der Waals surface area contributed by atoms with Crippen LogP contribution in [-0.4, -0.2) is 6.54 Å². The molecule has 0 aromatic heterocycles. The van der Waals surface area contributed by atoms with Crippen molar-refractivity contribution < 1.29 is 0 Å². The Morgan fingerprint density at radius 2 is 1.89 bits per heavy atom. The highest BCUT2D eigenvalue weighted by atomic mass is 79.9. The molecule has 1 aliphatic rings. The zero-order valence-electron chi connectivity index (χ0n) is 11.9. The van der Waals surface area contributed by atoms with E-state index < -0.39 is 0 Å². The van der Waals surface area contributed by atoms with Gasteiger partial charge in [0.05, 0.1) is 0 Å². The van der Waals surface area contributed by atoms with Gasteiger partial charge in [-0.2, -0.15) is 0 Å². The van der Waals surface area contributed by atoms with Crippen molar-refractivity contribution in [3.63, 3.8) is 0 Å². The maximum atomic E-state index is 5.64. The lowest BCUT2D eigenvalue weighted by Crippen LogP contribution is -2.21. The van der Waals surface area contributed by atoms with Crippen molar-refractivity contribution in [2.24, 2.45) is 11.1 Å². The molecule has 2 N–H and O–H groups in total. The van der Waals surface area contributed by atoms with Crippen molar-refractivity contribution >= 4 is 15.9 Å². The number of hydrogen-bond donors (Lipinski definition) is 1. The number of fused-ring (bicyclic) bond motifs is 1. The third kappa shape index (κ3) is 3.58. The number of halogens is 1. The van der Waals surface area contributed by atoms with Gasteiger partial charge >= 0.3 is 0 Å². The van der Waals surface area contributed by atoms with Gasteiger partial charge in [0.25, 0.3) is 0 Å². The second-order valence-electron chi connectivity index (χ2n) is 5.01. The molecule has 0 fully saturated rings. The predicted molar refractivity (Wildman–Crippen MR) is 83.9 cm³/mol. The van der Waals surface area contributed by atoms with Crippen LogP contribution in [0, 0.1) is 5.41 Å². The molecule has 1 atom stereocenters. The second-order valence-corrected chi connectivity index (χ2v) is 5.93. The average molecular weight is 312 g/mol. The largest absolute Gasteiger partial charge is 0.330 e. The highest BCUT2D eigenvalue weighted by Crippen LogP contribution is 2.43. The van der Waals surface area contributed by atoms with Crippen LogP contribution >= 0.6 is 15.9 Å². The number of benzene rings is 1. The molecule has 1 aliphatic carbocycles. The van der Waals surface area contributed by atoms with Gasteiger partial charge in [-0.05, 0) is 67.3 Å². The first-order valence-corrected chi connectivity index (χ1v) is 7.96. The van der Waals surface area contributed by atoms with E-state index in [1.54, 1.807) is 5.56 Å². The first-order valence-electron chi connectivity index (χ1n) is 7.16. The Hall–Kier alpha value is -0.340. The van der Waals surface area contributed by atoms with Crippen molar-refractivity contribution in [3.05, 3.63) is 33.8 Å². The summed E-state index contributed by atoms with van der Waals surface area (Å²) in [6.07, 6.45) is 6.17. The molecule has 1 aromatic carbocycles. The fraction of sp³-hybridized carbons (Fsp3) is 0.625. The van der Waals surface area contributed by atoms with E-state index in [0.29, 0.717) is 5.41 Å². The third-order valence-corrected chi connectivity index (χ3v) is 4.45. The summed E-state index contributed by atoms with van der Waals surface area (Å²) in [4.78, 5) is 0. The molecule has 1 nitrogen and oxygen atoms in total. The predicted octanol–water partition coefficient (Wildman–Crippen LogP) is 4.71. The molecule has 0 unspecified atom stereocenters. The topological polar surface area (TPSA) is 26.0 Å². The summed E-state index contributed by atoms with van der Waals surface area (Å²) in [5.74, 6) is 0. The van der Waals surface area contributed by atoms with Crippen LogP contribution in [0.2, 0.25) is 0 Å². The minimum absolute atomic E-state index is 0.489. The van der Waals surface area contributed by atoms with Gasteiger partial charge in [0.1, 0.15) is 0 Å². The number of nitrogens with two attached hydrogens (primary N) is 1. The Balaban J connectivity index is 0.000000771. The van der Waals surface area contributed by atoms with Crippen LogP contribution in [0.5, 0.6) is 0 Å². The summed E-state index contributed by atoms with van der Waals surface area (Å²) in [7, 11) is 0. The first kappa shape index (κ1) is 15.7. The van der Waals surface area contributed by atoms with E-state index in [0.717, 1.165) is 13.0 Å². The minimum Gasteiger partial charge on any atom is -0.330 e. The lowest BCUT2D eigenvalue weighted by atomic mass is 9.78. The first-order chi connectivity index (χ1) is 8.69. The maximum absolute atomic E-state index is 5.64. The normalized spacial score (nSPS) is 21.2. The van der Waals surface area contributed by atoms with E-state index in [1.165, 1.54) is 35.7 Å². The number of hydrogen-bond acceptors (Lipinski definition) is 1. The number of rotatable bonds is 4. The zero-order chi connectivity index (χ0) is 13.6. The molecule has 0 radical (unpaired) electrons. The fourth-order valence-electron chi connectivity index (χ4n) is 2.88. The van der Waals surface area contributed by atoms with Gasteiger partial charge in [-0.15, -0.1) is 0 Å². The van der Waals surface area contributed by atoms with Gasteiger partial charge in [-0.25, -0.2) is 0 Å². The van der Waals surface area contributed by atoms with Crippen LogP contribution < -0.4 is 5.73 Å². The van der Waals surface area contributed by atoms with Gasteiger partial charge in [0, 0.05) is 4.47 Å². The van der Waals surface area contributed by atoms with E-state index in [1.807, 2.05) is 13.8 Å². The molecule has 1 aromatic rings. The van der Waals surface area contributed by atoms with Gasteiger partial charge in [-0.1, -0.05) is 42.8 Å². The van der Waals surface area contributed by atoms with E-state index >= 15 is 0 Å². The molecule has 2 rings (SSSR count). The van der Waals surface area contributed by atoms with Crippen molar-refractivity contribution in [1.82, 2.24) is 0 Å². The fourth-order valence-corrected chi connectivity index (χ4v) is 3.29. The zero-order valence-corrected chi connectivity index (χ0v) is 13.5. The molecule has 0 bridgehead atoms. The van der Waals surface area contributed by atoms with Crippen LogP contribution in [0.25, 0.3) is 0 Å². The van der Waals surface area contributed by atoms with Crippen molar-refractivity contribution in [2.75, 3.05) is 6.54 Å². The molecule has 0 heterocycles. The van der Waals surface area contributed by atoms with Crippen LogP contribution in [0.15, 0.2) is 22.7 Å². The molecule has 102 valence electrons. The summed E-state index contributed by atoms with van der Waals surface area (Å²) < 4.78 is 1.21. The monoisotopic (exact) mass is 311 g/mol. The molecule has 0 spiro atoms. The molecule has 2 heteroatoms. The highest BCUT2D eigenvalue weighted by Gasteiger charge is 2.34. The Bertz CT molecular complexity index is 375. The molecule has 18 heavy (non-hydrogen) atoms. The van der Waals surface area contributed by atoms with Gasteiger partial charge in [0.2, 0.25) is 0 Å². The third-order valence-electron chi connectivity index (χ3n) is 3.96. The van der Waals surface area contributed by atoms with Gasteiger partial charge in [-0.3, -0.25) is 0 Å². The lowest BCUT2D eigenvalue weighted by Gasteiger charge is -2.27. The van der Waals surface area contributed by atoms with E-state index in [4.69, 9.17) is 5.73 Å². The molecule has 0 saturated carbocycles. The SMILES string of the molecule is CC.CC[C@@]1(CCCN)Cc2ccc(Br)cc2C1. The van der Waals surface area contributed by atoms with Gasteiger partial charge < -0.3 is 5.73 Å². The molecule has 0 amide bonds. The van der Waals surface area contributed by atoms with Crippen molar-refractivity contribution in [1.29, 1.82) is 0 Å². The summed E-state index contributed by atoms with van der Waals surface area (Å²) >= 11 is 3.56. The standard InChI is InChI=1S/C14H20BrN.C2H6/c1-2-14(6-3-7-16)9-11-4-5-13(15)8-12(11)10-14;1-2/h4-5,8H,2-3,6-7,9-10,16H2,1H3;1-2H3/t14-;/m1./s1. The van der Waals surface area contributed by atoms with Gasteiger partial charge in [0.15, 0.2) is 0 Å². The van der Waals surface area contributed by atoms with E-state index in [9.17, 15) is 0 Å². The quantitative estimate of drug-likeness (QED) is 0.856. The van der Waals surface area contributed by atoms with Crippen LogP contribution in [0.3, 0.4) is 0 Å². The smallest absolute Gasteiger partial charge is 0.0178 e. The van der Waals surface area contributed by atoms with Crippen molar-refractivity contribution in [2.45, 2.75) is 52.9 Å². The average Bonchev–Trinajstić information content (AvgIpc) is 2.77. The molecule has 0 aliphatic heterocycles.